The van der Waals surface area contributed by atoms with Crippen molar-refractivity contribution in [1.82, 2.24) is 10.0 Å². The molecule has 1 unspecified atom stereocenters. The normalized spacial score (nSPS) is 19.9. The minimum Gasteiger partial charge on any atom is -0.313 e. The first kappa shape index (κ1) is 13.0. The molecule has 1 aliphatic heterocycles. The number of sulfonamides is 1. The van der Waals surface area contributed by atoms with Crippen LogP contribution in [0.3, 0.4) is 0 Å². The summed E-state index contributed by atoms with van der Waals surface area (Å²) in [4.78, 5) is 0. The minimum absolute atomic E-state index is 0.123. The van der Waals surface area contributed by atoms with Crippen molar-refractivity contribution >= 4 is 26.0 Å². The second kappa shape index (κ2) is 5.48. The minimum atomic E-state index is -3.17. The Hall–Kier alpha value is -0.430. The SMILES string of the molecule is O=S(=O)(CC1CCN1)NCc1ccc(Br)cc1. The van der Waals surface area contributed by atoms with Gasteiger partial charge in [0.05, 0.1) is 5.75 Å². The fraction of sp³-hybridized carbons (Fsp3) is 0.455. The number of rotatable bonds is 5. The molecule has 0 aromatic heterocycles. The molecule has 0 spiro atoms. The number of benzene rings is 1. The Labute approximate surface area is 110 Å². The maximum Gasteiger partial charge on any atom is 0.213 e. The van der Waals surface area contributed by atoms with Gasteiger partial charge in [-0.25, -0.2) is 13.1 Å². The molecule has 0 aliphatic carbocycles. The lowest BCUT2D eigenvalue weighted by molar-refractivity contribution is 0.397. The largest absolute Gasteiger partial charge is 0.313 e. The van der Waals surface area contributed by atoms with Crippen molar-refractivity contribution in [3.8, 4) is 0 Å². The van der Waals surface area contributed by atoms with Gasteiger partial charge in [0.25, 0.3) is 0 Å². The lowest BCUT2D eigenvalue weighted by Gasteiger charge is -2.27. The Morgan fingerprint density at radius 3 is 2.53 bits per heavy atom. The van der Waals surface area contributed by atoms with Crippen molar-refractivity contribution in [2.75, 3.05) is 12.3 Å². The van der Waals surface area contributed by atoms with E-state index < -0.39 is 10.0 Å². The zero-order chi connectivity index (χ0) is 12.3. The average molecular weight is 319 g/mol. The Bertz CT molecular complexity index is 469. The topological polar surface area (TPSA) is 58.2 Å². The predicted molar refractivity (Wildman–Crippen MR) is 71.2 cm³/mol. The number of hydrogen-bond acceptors (Lipinski definition) is 3. The molecule has 1 fully saturated rings. The predicted octanol–water partition coefficient (Wildman–Crippen LogP) is 1.23. The van der Waals surface area contributed by atoms with E-state index in [0.717, 1.165) is 23.0 Å². The van der Waals surface area contributed by atoms with Crippen LogP contribution in [0.25, 0.3) is 0 Å². The molecule has 1 aromatic rings. The quantitative estimate of drug-likeness (QED) is 0.858. The second-order valence-corrected chi connectivity index (χ2v) is 6.94. The highest BCUT2D eigenvalue weighted by Gasteiger charge is 2.23. The lowest BCUT2D eigenvalue weighted by Crippen LogP contribution is -2.49. The Morgan fingerprint density at radius 1 is 1.35 bits per heavy atom. The molecule has 1 saturated heterocycles. The molecule has 0 amide bonds. The highest BCUT2D eigenvalue weighted by molar-refractivity contribution is 9.10. The summed E-state index contributed by atoms with van der Waals surface area (Å²) in [5.41, 5.74) is 0.957. The van der Waals surface area contributed by atoms with E-state index in [0.29, 0.717) is 6.54 Å². The summed E-state index contributed by atoms with van der Waals surface area (Å²) in [6.45, 7) is 1.27. The Balaban J connectivity index is 1.86. The van der Waals surface area contributed by atoms with E-state index in [2.05, 4.69) is 26.0 Å². The van der Waals surface area contributed by atoms with Crippen molar-refractivity contribution < 1.29 is 8.42 Å². The van der Waals surface area contributed by atoms with E-state index in [1.807, 2.05) is 24.3 Å². The highest BCUT2D eigenvalue weighted by Crippen LogP contribution is 2.11. The molecule has 0 bridgehead atoms. The summed E-state index contributed by atoms with van der Waals surface area (Å²) >= 11 is 3.34. The van der Waals surface area contributed by atoms with Gasteiger partial charge in [-0.05, 0) is 30.7 Å². The smallest absolute Gasteiger partial charge is 0.213 e. The van der Waals surface area contributed by atoms with Crippen molar-refractivity contribution in [1.29, 1.82) is 0 Å². The standard InChI is InChI=1S/C11H15BrN2O2S/c12-10-3-1-9(2-4-10)7-14-17(15,16)8-11-5-6-13-11/h1-4,11,13-14H,5-8H2. The molecule has 94 valence electrons. The van der Waals surface area contributed by atoms with Crippen LogP contribution < -0.4 is 10.0 Å². The summed E-state index contributed by atoms with van der Waals surface area (Å²) in [6.07, 6.45) is 0.944. The van der Waals surface area contributed by atoms with Crippen LogP contribution in [-0.2, 0) is 16.6 Å². The first-order valence-corrected chi connectivity index (χ1v) is 7.95. The molecule has 0 saturated carbocycles. The third-order valence-corrected chi connectivity index (χ3v) is 4.71. The van der Waals surface area contributed by atoms with Crippen molar-refractivity contribution in [3.63, 3.8) is 0 Å². The molecule has 0 radical (unpaired) electrons. The monoisotopic (exact) mass is 318 g/mol. The van der Waals surface area contributed by atoms with Crippen LogP contribution in [0.5, 0.6) is 0 Å². The molecule has 6 heteroatoms. The maximum absolute atomic E-state index is 11.7. The van der Waals surface area contributed by atoms with Gasteiger partial charge in [-0.2, -0.15) is 0 Å². The summed E-state index contributed by atoms with van der Waals surface area (Å²) in [6, 6.07) is 7.72. The fourth-order valence-corrected chi connectivity index (χ4v) is 3.19. The zero-order valence-electron chi connectivity index (χ0n) is 9.32. The Kier molecular flexibility index (Phi) is 4.19. The number of hydrogen-bond donors (Lipinski definition) is 2. The third kappa shape index (κ3) is 4.06. The van der Waals surface area contributed by atoms with Crippen LogP contribution in [0.15, 0.2) is 28.7 Å². The van der Waals surface area contributed by atoms with Crippen LogP contribution in [0.4, 0.5) is 0 Å². The fourth-order valence-electron chi connectivity index (χ4n) is 1.61. The summed E-state index contributed by atoms with van der Waals surface area (Å²) in [7, 11) is -3.17. The zero-order valence-corrected chi connectivity index (χ0v) is 11.7. The first-order chi connectivity index (χ1) is 8.05. The number of halogens is 1. The summed E-state index contributed by atoms with van der Waals surface area (Å²) in [5.74, 6) is 0.170. The molecule has 1 atom stereocenters. The van der Waals surface area contributed by atoms with Crippen LogP contribution in [0, 0.1) is 0 Å². The van der Waals surface area contributed by atoms with E-state index in [9.17, 15) is 8.42 Å². The van der Waals surface area contributed by atoms with Crippen LogP contribution in [0.1, 0.15) is 12.0 Å². The van der Waals surface area contributed by atoms with E-state index in [-0.39, 0.29) is 11.8 Å². The molecule has 4 nitrogen and oxygen atoms in total. The molecule has 17 heavy (non-hydrogen) atoms. The van der Waals surface area contributed by atoms with Gasteiger partial charge in [-0.3, -0.25) is 0 Å². The van der Waals surface area contributed by atoms with Crippen molar-refractivity contribution in [2.45, 2.75) is 19.0 Å². The average Bonchev–Trinajstić information content (AvgIpc) is 2.23. The van der Waals surface area contributed by atoms with Crippen LogP contribution in [0.2, 0.25) is 0 Å². The molecular formula is C11H15BrN2O2S. The van der Waals surface area contributed by atoms with Gasteiger partial charge in [0.1, 0.15) is 0 Å². The van der Waals surface area contributed by atoms with Crippen LogP contribution >= 0.6 is 15.9 Å². The van der Waals surface area contributed by atoms with Crippen LogP contribution in [-0.4, -0.2) is 26.8 Å². The van der Waals surface area contributed by atoms with Gasteiger partial charge in [0.15, 0.2) is 0 Å². The van der Waals surface area contributed by atoms with Crippen molar-refractivity contribution in [3.05, 3.63) is 34.3 Å². The van der Waals surface area contributed by atoms with E-state index in [4.69, 9.17) is 0 Å². The third-order valence-electron chi connectivity index (χ3n) is 2.76. The van der Waals surface area contributed by atoms with Gasteiger partial charge >= 0.3 is 0 Å². The second-order valence-electron chi connectivity index (χ2n) is 4.17. The molecule has 2 rings (SSSR count). The molecule has 1 aromatic carbocycles. The van der Waals surface area contributed by atoms with Gasteiger partial charge < -0.3 is 5.32 Å². The maximum atomic E-state index is 11.7. The Morgan fingerprint density at radius 2 is 2.00 bits per heavy atom. The molecule has 2 N–H and O–H groups in total. The van der Waals surface area contributed by atoms with Gasteiger partial charge in [-0.15, -0.1) is 0 Å². The van der Waals surface area contributed by atoms with Gasteiger partial charge in [-0.1, -0.05) is 28.1 Å². The number of nitrogens with one attached hydrogen (secondary N) is 2. The van der Waals surface area contributed by atoms with Crippen molar-refractivity contribution in [2.24, 2.45) is 0 Å². The van der Waals surface area contributed by atoms with E-state index >= 15 is 0 Å². The van der Waals surface area contributed by atoms with E-state index in [1.54, 1.807) is 0 Å². The molecule has 1 heterocycles. The highest BCUT2D eigenvalue weighted by atomic mass is 79.9. The molecular weight excluding hydrogens is 304 g/mol. The summed E-state index contributed by atoms with van der Waals surface area (Å²) in [5, 5.41) is 3.08. The van der Waals surface area contributed by atoms with Gasteiger partial charge in [0.2, 0.25) is 10.0 Å². The first-order valence-electron chi connectivity index (χ1n) is 5.50. The van der Waals surface area contributed by atoms with E-state index in [1.165, 1.54) is 0 Å². The lowest BCUT2D eigenvalue weighted by atomic mass is 10.1. The summed E-state index contributed by atoms with van der Waals surface area (Å²) < 4.78 is 27.0. The molecule has 1 aliphatic rings. The van der Waals surface area contributed by atoms with Gasteiger partial charge in [0, 0.05) is 17.1 Å².